The van der Waals surface area contributed by atoms with E-state index in [2.05, 4.69) is 0 Å². The third-order valence-electron chi connectivity index (χ3n) is 4.18. The van der Waals surface area contributed by atoms with Crippen molar-refractivity contribution in [3.63, 3.8) is 0 Å². The van der Waals surface area contributed by atoms with E-state index in [1.165, 1.54) is 39.3 Å². The van der Waals surface area contributed by atoms with Crippen molar-refractivity contribution in [2.45, 2.75) is 19.6 Å². The van der Waals surface area contributed by atoms with Gasteiger partial charge in [-0.25, -0.2) is 0 Å². The Bertz CT molecular complexity index is 856. The number of carbonyl (C=O) groups is 1. The lowest BCUT2D eigenvalue weighted by Crippen LogP contribution is -2.38. The zero-order valence-electron chi connectivity index (χ0n) is 16.4. The van der Waals surface area contributed by atoms with Crippen LogP contribution in [-0.2, 0) is 6.54 Å². The standard InChI is InChI=1S/C20H23F3N2O4/c1-4-25(12-20(21,22)23)19(26)13-8-9-17(28-3)18(10-13)29-16-7-5-6-15(27-2)14(16)11-24/h5-10H,4,11-12,24H2,1-3H3. The molecule has 0 saturated carbocycles. The van der Waals surface area contributed by atoms with Crippen LogP contribution in [-0.4, -0.2) is 44.3 Å². The summed E-state index contributed by atoms with van der Waals surface area (Å²) < 4.78 is 54.7. The molecule has 6 nitrogen and oxygen atoms in total. The molecule has 0 atom stereocenters. The van der Waals surface area contributed by atoms with Gasteiger partial charge in [-0.3, -0.25) is 4.79 Å². The zero-order chi connectivity index (χ0) is 21.6. The Hall–Kier alpha value is -2.94. The second-order valence-corrected chi connectivity index (χ2v) is 6.04. The Morgan fingerprint density at radius 3 is 2.24 bits per heavy atom. The van der Waals surface area contributed by atoms with Crippen molar-refractivity contribution < 1.29 is 32.2 Å². The maximum absolute atomic E-state index is 12.7. The van der Waals surface area contributed by atoms with Crippen LogP contribution in [0.1, 0.15) is 22.8 Å². The molecule has 0 radical (unpaired) electrons. The summed E-state index contributed by atoms with van der Waals surface area (Å²) in [5.41, 5.74) is 6.43. The highest BCUT2D eigenvalue weighted by atomic mass is 19.4. The van der Waals surface area contributed by atoms with E-state index in [-0.39, 0.29) is 24.4 Å². The largest absolute Gasteiger partial charge is 0.496 e. The van der Waals surface area contributed by atoms with E-state index in [4.69, 9.17) is 19.9 Å². The summed E-state index contributed by atoms with van der Waals surface area (Å²) in [4.78, 5) is 13.3. The fourth-order valence-corrected chi connectivity index (χ4v) is 2.77. The first-order valence-electron chi connectivity index (χ1n) is 8.81. The third-order valence-corrected chi connectivity index (χ3v) is 4.18. The van der Waals surface area contributed by atoms with Crippen LogP contribution < -0.4 is 19.9 Å². The first-order valence-corrected chi connectivity index (χ1v) is 8.81. The molecule has 29 heavy (non-hydrogen) atoms. The third kappa shape index (κ3) is 5.54. The van der Waals surface area contributed by atoms with Gasteiger partial charge >= 0.3 is 6.18 Å². The number of hydrogen-bond donors (Lipinski definition) is 1. The second kappa shape index (κ2) is 9.51. The van der Waals surface area contributed by atoms with Crippen molar-refractivity contribution in [1.82, 2.24) is 4.90 Å². The number of halogens is 3. The summed E-state index contributed by atoms with van der Waals surface area (Å²) in [6.45, 7) is 0.190. The summed E-state index contributed by atoms with van der Waals surface area (Å²) in [6.07, 6.45) is -4.49. The van der Waals surface area contributed by atoms with Crippen LogP contribution in [0.25, 0.3) is 0 Å². The van der Waals surface area contributed by atoms with E-state index in [0.717, 1.165) is 0 Å². The number of carbonyl (C=O) groups excluding carboxylic acids is 1. The summed E-state index contributed by atoms with van der Waals surface area (Å²) >= 11 is 0. The number of rotatable bonds is 8. The molecule has 2 aromatic carbocycles. The van der Waals surface area contributed by atoms with Gasteiger partial charge < -0.3 is 24.8 Å². The number of amides is 1. The van der Waals surface area contributed by atoms with Crippen LogP contribution in [0.4, 0.5) is 13.2 Å². The molecule has 2 N–H and O–H groups in total. The van der Waals surface area contributed by atoms with Crippen LogP contribution in [0.2, 0.25) is 0 Å². The highest BCUT2D eigenvalue weighted by Gasteiger charge is 2.33. The molecule has 0 spiro atoms. The minimum Gasteiger partial charge on any atom is -0.496 e. The minimum atomic E-state index is -4.49. The van der Waals surface area contributed by atoms with Gasteiger partial charge in [-0.2, -0.15) is 13.2 Å². The predicted molar refractivity (Wildman–Crippen MR) is 102 cm³/mol. The predicted octanol–water partition coefficient (Wildman–Crippen LogP) is 3.98. The maximum atomic E-state index is 12.7. The van der Waals surface area contributed by atoms with E-state index in [9.17, 15) is 18.0 Å². The average molecular weight is 412 g/mol. The quantitative estimate of drug-likeness (QED) is 0.710. The smallest absolute Gasteiger partial charge is 0.406 e. The SMILES string of the molecule is CCN(CC(F)(F)F)C(=O)c1ccc(OC)c(Oc2cccc(OC)c2CN)c1. The lowest BCUT2D eigenvalue weighted by molar-refractivity contribution is -0.140. The molecule has 158 valence electrons. The number of nitrogens with two attached hydrogens (primary N) is 1. The molecule has 0 aromatic heterocycles. The number of ether oxygens (including phenoxy) is 3. The second-order valence-electron chi connectivity index (χ2n) is 6.04. The Balaban J connectivity index is 2.40. The summed E-state index contributed by atoms with van der Waals surface area (Å²) in [5.74, 6) is 0.633. The first-order chi connectivity index (χ1) is 13.7. The van der Waals surface area contributed by atoms with Gasteiger partial charge in [0.1, 0.15) is 18.0 Å². The minimum absolute atomic E-state index is 0.0455. The molecule has 2 rings (SSSR count). The molecule has 0 aliphatic carbocycles. The van der Waals surface area contributed by atoms with E-state index in [0.29, 0.717) is 27.7 Å². The van der Waals surface area contributed by atoms with E-state index >= 15 is 0 Å². The molecule has 0 unspecified atom stereocenters. The number of nitrogens with zero attached hydrogens (tertiary/aromatic N) is 1. The van der Waals surface area contributed by atoms with Crippen molar-refractivity contribution in [2.75, 3.05) is 27.3 Å². The maximum Gasteiger partial charge on any atom is 0.406 e. The number of benzene rings is 2. The Kier molecular flexibility index (Phi) is 7.33. The summed E-state index contributed by atoms with van der Waals surface area (Å²) in [7, 11) is 2.92. The molecule has 2 aromatic rings. The first kappa shape index (κ1) is 22.4. The molecule has 0 bridgehead atoms. The van der Waals surface area contributed by atoms with Gasteiger partial charge in [-0.15, -0.1) is 0 Å². The van der Waals surface area contributed by atoms with Crippen molar-refractivity contribution in [3.8, 4) is 23.0 Å². The Labute approximate surface area is 167 Å². The zero-order valence-corrected chi connectivity index (χ0v) is 16.4. The fraction of sp³-hybridized carbons (Fsp3) is 0.350. The highest BCUT2D eigenvalue weighted by molar-refractivity contribution is 5.95. The molecule has 0 fully saturated rings. The topological polar surface area (TPSA) is 74.0 Å². The van der Waals surface area contributed by atoms with E-state index in [1.54, 1.807) is 18.2 Å². The van der Waals surface area contributed by atoms with Gasteiger partial charge in [0.05, 0.1) is 19.8 Å². The van der Waals surface area contributed by atoms with Crippen molar-refractivity contribution in [3.05, 3.63) is 47.5 Å². The fourth-order valence-electron chi connectivity index (χ4n) is 2.77. The van der Waals surface area contributed by atoms with Crippen molar-refractivity contribution in [2.24, 2.45) is 5.73 Å². The van der Waals surface area contributed by atoms with Crippen LogP contribution in [0.5, 0.6) is 23.0 Å². The number of hydrogen-bond acceptors (Lipinski definition) is 5. The number of methoxy groups -OCH3 is 2. The molecule has 0 aliphatic rings. The lowest BCUT2D eigenvalue weighted by atomic mass is 10.1. The molecular formula is C20H23F3N2O4. The van der Waals surface area contributed by atoms with Crippen LogP contribution in [0.15, 0.2) is 36.4 Å². The summed E-state index contributed by atoms with van der Waals surface area (Å²) in [5, 5.41) is 0. The van der Waals surface area contributed by atoms with E-state index in [1.807, 2.05) is 0 Å². The molecule has 0 saturated heterocycles. The lowest BCUT2D eigenvalue weighted by Gasteiger charge is -2.23. The molecule has 9 heteroatoms. The normalized spacial score (nSPS) is 11.1. The Morgan fingerprint density at radius 2 is 1.69 bits per heavy atom. The average Bonchev–Trinajstić information content (AvgIpc) is 2.70. The monoisotopic (exact) mass is 412 g/mol. The van der Waals surface area contributed by atoms with Gasteiger partial charge in [0, 0.05) is 18.7 Å². The van der Waals surface area contributed by atoms with Gasteiger partial charge in [0.15, 0.2) is 11.5 Å². The van der Waals surface area contributed by atoms with Crippen LogP contribution >= 0.6 is 0 Å². The van der Waals surface area contributed by atoms with Crippen molar-refractivity contribution >= 4 is 5.91 Å². The molecule has 0 heterocycles. The van der Waals surface area contributed by atoms with E-state index < -0.39 is 18.6 Å². The Morgan fingerprint density at radius 1 is 1.03 bits per heavy atom. The number of alkyl halides is 3. The summed E-state index contributed by atoms with van der Waals surface area (Å²) in [6, 6.07) is 9.30. The molecule has 0 aliphatic heterocycles. The highest BCUT2D eigenvalue weighted by Crippen LogP contribution is 2.37. The molecule has 1 amide bonds. The van der Waals surface area contributed by atoms with Crippen LogP contribution in [0.3, 0.4) is 0 Å². The molecular weight excluding hydrogens is 389 g/mol. The van der Waals surface area contributed by atoms with Gasteiger partial charge in [0.25, 0.3) is 5.91 Å². The van der Waals surface area contributed by atoms with Crippen LogP contribution in [0, 0.1) is 0 Å². The van der Waals surface area contributed by atoms with Gasteiger partial charge in [0.2, 0.25) is 0 Å². The van der Waals surface area contributed by atoms with Crippen molar-refractivity contribution in [1.29, 1.82) is 0 Å². The van der Waals surface area contributed by atoms with Gasteiger partial charge in [-0.05, 0) is 37.3 Å². The van der Waals surface area contributed by atoms with Gasteiger partial charge in [-0.1, -0.05) is 6.07 Å².